The highest BCUT2D eigenvalue weighted by Gasteiger charge is 2.52. The van der Waals surface area contributed by atoms with Crippen molar-refractivity contribution >= 4 is 18.7 Å². The van der Waals surface area contributed by atoms with Gasteiger partial charge in [-0.3, -0.25) is 0 Å². The van der Waals surface area contributed by atoms with E-state index in [0.29, 0.717) is 13.2 Å². The summed E-state index contributed by atoms with van der Waals surface area (Å²) in [6, 6.07) is 21.3. The molecule has 3 nitrogen and oxygen atoms in total. The van der Waals surface area contributed by atoms with Crippen LogP contribution < -0.4 is 10.4 Å². The highest BCUT2D eigenvalue weighted by atomic mass is 28.4. The van der Waals surface area contributed by atoms with Crippen LogP contribution in [0.25, 0.3) is 0 Å². The summed E-state index contributed by atoms with van der Waals surface area (Å²) in [6.07, 6.45) is -0.710. The molecule has 2 aromatic carbocycles. The van der Waals surface area contributed by atoms with Crippen molar-refractivity contribution in [2.24, 2.45) is 11.3 Å². The van der Waals surface area contributed by atoms with Gasteiger partial charge in [-0.2, -0.15) is 0 Å². The average molecular weight is 385 g/mol. The van der Waals surface area contributed by atoms with Crippen LogP contribution in [0.3, 0.4) is 0 Å². The number of aliphatic hydroxyl groups excluding tert-OH is 1. The van der Waals surface area contributed by atoms with Crippen LogP contribution in [0, 0.1) is 11.3 Å². The van der Waals surface area contributed by atoms with Crippen LogP contribution in [0.2, 0.25) is 5.04 Å². The van der Waals surface area contributed by atoms with Crippen LogP contribution in [0.5, 0.6) is 0 Å². The lowest BCUT2D eigenvalue weighted by Crippen LogP contribution is -2.67. The van der Waals surface area contributed by atoms with Gasteiger partial charge in [-0.15, -0.1) is 0 Å². The fourth-order valence-corrected chi connectivity index (χ4v) is 8.81. The number of benzene rings is 2. The van der Waals surface area contributed by atoms with Crippen molar-refractivity contribution in [3.63, 3.8) is 0 Å². The minimum atomic E-state index is -2.55. The Morgan fingerprint density at radius 3 is 1.89 bits per heavy atom. The third-order valence-corrected chi connectivity index (χ3v) is 11.1. The molecule has 0 spiro atoms. The van der Waals surface area contributed by atoms with E-state index in [9.17, 15) is 5.11 Å². The second-order valence-electron chi connectivity index (χ2n) is 9.10. The first-order chi connectivity index (χ1) is 12.7. The monoisotopic (exact) mass is 384 g/mol. The van der Waals surface area contributed by atoms with E-state index in [1.807, 2.05) is 6.92 Å². The molecule has 0 aliphatic carbocycles. The van der Waals surface area contributed by atoms with Gasteiger partial charge in [0.25, 0.3) is 8.32 Å². The van der Waals surface area contributed by atoms with Gasteiger partial charge < -0.3 is 14.3 Å². The Morgan fingerprint density at radius 2 is 1.52 bits per heavy atom. The van der Waals surface area contributed by atoms with Crippen molar-refractivity contribution in [3.05, 3.63) is 60.7 Å². The quantitative estimate of drug-likeness (QED) is 0.801. The van der Waals surface area contributed by atoms with Crippen LogP contribution in [0.1, 0.15) is 34.6 Å². The van der Waals surface area contributed by atoms with E-state index in [0.717, 1.165) is 0 Å². The van der Waals surface area contributed by atoms with Crippen LogP contribution in [-0.4, -0.2) is 32.9 Å². The van der Waals surface area contributed by atoms with Gasteiger partial charge in [-0.05, 0) is 15.4 Å². The van der Waals surface area contributed by atoms with Crippen LogP contribution in [0.4, 0.5) is 0 Å². The van der Waals surface area contributed by atoms with Gasteiger partial charge in [0.1, 0.15) is 0 Å². The Labute approximate surface area is 164 Å². The molecule has 27 heavy (non-hydrogen) atoms. The summed E-state index contributed by atoms with van der Waals surface area (Å²) in [5.41, 5.74) is -0.202. The van der Waals surface area contributed by atoms with E-state index in [2.05, 4.69) is 88.4 Å². The molecule has 3 atom stereocenters. The summed E-state index contributed by atoms with van der Waals surface area (Å²) < 4.78 is 12.6. The fourth-order valence-electron chi connectivity index (χ4n) is 4.10. The van der Waals surface area contributed by atoms with Gasteiger partial charge in [0.15, 0.2) is 6.29 Å². The molecule has 1 fully saturated rings. The van der Waals surface area contributed by atoms with Gasteiger partial charge in [0.05, 0.1) is 6.61 Å². The van der Waals surface area contributed by atoms with Crippen LogP contribution in [-0.2, 0) is 9.16 Å². The van der Waals surface area contributed by atoms with Gasteiger partial charge in [-0.1, -0.05) is 95.3 Å². The molecule has 0 radical (unpaired) electrons. The van der Waals surface area contributed by atoms with Crippen molar-refractivity contribution in [3.8, 4) is 0 Å². The zero-order valence-electron chi connectivity index (χ0n) is 17.1. The summed E-state index contributed by atoms with van der Waals surface area (Å²) in [4.78, 5) is 0. The number of ether oxygens (including phenoxy) is 1. The first kappa shape index (κ1) is 20.3. The van der Waals surface area contributed by atoms with Crippen molar-refractivity contribution in [1.29, 1.82) is 0 Å². The Hall–Kier alpha value is -1.46. The molecule has 0 saturated carbocycles. The molecular weight excluding hydrogens is 352 g/mol. The van der Waals surface area contributed by atoms with Crippen molar-refractivity contribution < 1.29 is 14.3 Å². The Balaban J connectivity index is 2.07. The Kier molecular flexibility index (Phi) is 5.64. The molecule has 1 saturated heterocycles. The lowest BCUT2D eigenvalue weighted by molar-refractivity contribution is -0.0789. The van der Waals surface area contributed by atoms with E-state index in [4.69, 9.17) is 9.16 Å². The van der Waals surface area contributed by atoms with E-state index in [-0.39, 0.29) is 16.4 Å². The molecule has 3 rings (SSSR count). The normalized spacial score (nSPS) is 26.3. The van der Waals surface area contributed by atoms with Crippen molar-refractivity contribution in [2.45, 2.75) is 45.9 Å². The second kappa shape index (κ2) is 7.51. The maximum atomic E-state index is 10.1. The molecule has 0 aromatic heterocycles. The van der Waals surface area contributed by atoms with Crippen molar-refractivity contribution in [2.75, 3.05) is 13.2 Å². The molecule has 0 bridgehead atoms. The number of hydrogen-bond donors (Lipinski definition) is 1. The number of hydrogen-bond acceptors (Lipinski definition) is 3. The van der Waals surface area contributed by atoms with Crippen LogP contribution in [0.15, 0.2) is 60.7 Å². The summed E-state index contributed by atoms with van der Waals surface area (Å²) >= 11 is 0. The summed E-state index contributed by atoms with van der Waals surface area (Å²) in [7, 11) is -2.55. The summed E-state index contributed by atoms with van der Waals surface area (Å²) in [5.74, 6) is 0.0377. The third-order valence-electron chi connectivity index (χ3n) is 6.15. The summed E-state index contributed by atoms with van der Waals surface area (Å²) in [6.45, 7) is 12.1. The zero-order chi connectivity index (χ0) is 19.7. The molecule has 146 valence electrons. The minimum Gasteiger partial charge on any atom is -0.407 e. The molecular formula is C23H32O3Si. The minimum absolute atomic E-state index is 0.0377. The van der Waals surface area contributed by atoms with E-state index >= 15 is 0 Å². The molecule has 1 aliphatic heterocycles. The largest absolute Gasteiger partial charge is 0.407 e. The van der Waals surface area contributed by atoms with E-state index in [1.165, 1.54) is 10.4 Å². The topological polar surface area (TPSA) is 38.7 Å². The van der Waals surface area contributed by atoms with Gasteiger partial charge in [0, 0.05) is 17.9 Å². The average Bonchev–Trinajstić information content (AvgIpc) is 2.91. The second-order valence-corrected chi connectivity index (χ2v) is 13.4. The van der Waals surface area contributed by atoms with Crippen molar-refractivity contribution in [1.82, 2.24) is 0 Å². The Morgan fingerprint density at radius 1 is 1.04 bits per heavy atom. The molecule has 1 N–H and O–H groups in total. The molecule has 1 heterocycles. The molecule has 1 aliphatic rings. The lowest BCUT2D eigenvalue weighted by Gasteiger charge is -2.45. The molecule has 0 amide bonds. The lowest BCUT2D eigenvalue weighted by atomic mass is 9.81. The highest BCUT2D eigenvalue weighted by Crippen LogP contribution is 2.41. The predicted octanol–water partition coefficient (Wildman–Crippen LogP) is 3.55. The molecule has 2 aromatic rings. The Bertz CT molecular complexity index is 702. The predicted molar refractivity (Wildman–Crippen MR) is 113 cm³/mol. The third kappa shape index (κ3) is 3.64. The van der Waals surface area contributed by atoms with E-state index in [1.54, 1.807) is 0 Å². The highest BCUT2D eigenvalue weighted by molar-refractivity contribution is 6.99. The first-order valence-corrected chi connectivity index (χ1v) is 11.7. The summed E-state index contributed by atoms with van der Waals surface area (Å²) in [5, 5.41) is 12.6. The fraction of sp³-hybridized carbons (Fsp3) is 0.478. The number of rotatable bonds is 5. The number of aliphatic hydroxyl groups is 1. The van der Waals surface area contributed by atoms with E-state index < -0.39 is 14.6 Å². The maximum Gasteiger partial charge on any atom is 0.261 e. The first-order valence-electron chi connectivity index (χ1n) is 9.75. The molecule has 1 unspecified atom stereocenters. The van der Waals surface area contributed by atoms with Crippen LogP contribution >= 0.6 is 0 Å². The van der Waals surface area contributed by atoms with Gasteiger partial charge in [0.2, 0.25) is 0 Å². The molecule has 4 heteroatoms. The standard InChI is InChI=1S/C23H32O3Si/c1-18-21(24)25-16-23(18,5)17-26-27(22(2,3)4,19-12-8-6-9-13-19)20-14-10-7-11-15-20/h6-15,18,21,24H,16-17H2,1-5H3/t18-,21?,23+/m1/s1. The SMILES string of the molecule is C[C@@H]1C(O)OC[C@@]1(C)CO[Si](c1ccccc1)(c1ccccc1)C(C)(C)C. The smallest absolute Gasteiger partial charge is 0.261 e. The zero-order valence-corrected chi connectivity index (χ0v) is 18.1. The maximum absolute atomic E-state index is 10.1. The van der Waals surface area contributed by atoms with Gasteiger partial charge >= 0.3 is 0 Å². The van der Waals surface area contributed by atoms with Gasteiger partial charge in [-0.25, -0.2) is 0 Å².